The summed E-state index contributed by atoms with van der Waals surface area (Å²) in [5, 5.41) is 18.5. The van der Waals surface area contributed by atoms with Crippen LogP contribution in [0, 0.1) is 29.6 Å². The van der Waals surface area contributed by atoms with Crippen molar-refractivity contribution in [2.75, 3.05) is 24.6 Å². The van der Waals surface area contributed by atoms with Gasteiger partial charge < -0.3 is 5.41 Å². The van der Waals surface area contributed by atoms with Crippen LogP contribution in [0.3, 0.4) is 0 Å². The molecule has 2 nitrogen and oxygen atoms in total. The van der Waals surface area contributed by atoms with Crippen LogP contribution in [0.4, 0.5) is 0 Å². The molecule has 1 saturated carbocycles. The van der Waals surface area contributed by atoms with Crippen LogP contribution in [0.5, 0.6) is 0 Å². The Kier molecular flexibility index (Phi) is 27.0. The van der Waals surface area contributed by atoms with Crippen molar-refractivity contribution in [2.45, 2.75) is 34.6 Å². The van der Waals surface area contributed by atoms with Crippen molar-refractivity contribution in [3.63, 3.8) is 0 Å². The van der Waals surface area contributed by atoms with E-state index in [1.165, 1.54) is 96.7 Å². The summed E-state index contributed by atoms with van der Waals surface area (Å²) in [4.78, 5) is 8.24. The quantitative estimate of drug-likeness (QED) is 0.0463. The monoisotopic (exact) mass is 1230 g/mol. The number of benzene rings is 8. The Morgan fingerprint density at radius 2 is 0.394 bits per heavy atom. The molecule has 0 amide bonds. The summed E-state index contributed by atoms with van der Waals surface area (Å²) in [6.07, 6.45) is 5.33. The van der Waals surface area contributed by atoms with Gasteiger partial charge in [0.05, 0.1) is 0 Å². The maximum Gasteiger partial charge on any atom is -0.0159 e. The summed E-state index contributed by atoms with van der Waals surface area (Å²) >= 11 is 3.67. The molecular weight excluding hydrogens is 1170 g/mol. The summed E-state index contributed by atoms with van der Waals surface area (Å²) in [5.74, 6) is 7.34. The molecule has 0 atom stereocenters. The Balaban J connectivity index is 0.000000206. The van der Waals surface area contributed by atoms with E-state index in [4.69, 9.17) is 10.2 Å². The predicted octanol–water partition coefficient (Wildman–Crippen LogP) is 13.0. The molecule has 0 bridgehead atoms. The molecule has 1 fully saturated rings. The zero-order valence-electron chi connectivity index (χ0n) is 41.5. The molecule has 6 radical (unpaired) electrons. The van der Waals surface area contributed by atoms with Gasteiger partial charge >= 0.3 is 29.8 Å². The van der Waals surface area contributed by atoms with Gasteiger partial charge in [-0.3, -0.25) is 4.79 Å². The Morgan fingerprint density at radius 1 is 0.296 bits per heavy atom. The van der Waals surface area contributed by atoms with E-state index in [1.807, 2.05) is 0 Å². The van der Waals surface area contributed by atoms with Gasteiger partial charge in [0.1, 0.15) is 0 Å². The van der Waals surface area contributed by atoms with Gasteiger partial charge in [-0.2, -0.15) is 0 Å². The van der Waals surface area contributed by atoms with E-state index in [-0.39, 0.29) is 31.7 Å². The molecule has 356 valence electrons. The average Bonchev–Trinajstić information content (AvgIpc) is 3.61. The van der Waals surface area contributed by atoms with Crippen molar-refractivity contribution in [1.82, 2.24) is 0 Å². The molecule has 0 N–H and O–H groups in total. The fourth-order valence-electron chi connectivity index (χ4n) is 8.30. The van der Waals surface area contributed by atoms with Gasteiger partial charge in [0.25, 0.3) is 0 Å². The molecule has 1 aliphatic carbocycles. The Bertz CT molecular complexity index is 2150. The van der Waals surface area contributed by atoms with Crippen molar-refractivity contribution in [1.29, 1.82) is 0 Å². The van der Waals surface area contributed by atoms with E-state index in [2.05, 4.69) is 290 Å². The van der Waals surface area contributed by atoms with Gasteiger partial charge in [0.2, 0.25) is 0 Å². The van der Waals surface area contributed by atoms with Gasteiger partial charge in [0, 0.05) is 0 Å². The predicted molar refractivity (Wildman–Crippen MR) is 315 cm³/mol. The van der Waals surface area contributed by atoms with Crippen LogP contribution in [0.15, 0.2) is 243 Å². The fourth-order valence-corrected chi connectivity index (χ4v) is 19.0. The van der Waals surface area contributed by atoms with E-state index < -0.39 is 0 Å². The van der Waals surface area contributed by atoms with Gasteiger partial charge in [-0.1, -0.05) is 277 Å². The van der Waals surface area contributed by atoms with Gasteiger partial charge in [0.15, 0.2) is 0 Å². The number of nitrogens with zero attached hydrogens (tertiary/aromatic N) is 1. The smallest absolute Gasteiger partial charge is 0.0159 e. The molecule has 8 heteroatoms. The SMILES string of the molecule is C[C]1[C](C)[C](C)[C](C)[C]1C.[Ge]#[W+].[N-]=C=O.c1ccc(P(CCP(c2ccccc2)c2ccccc2)c2ccccc2)cc1.c1ccc(P(CCP(c2ccccc2)c2ccccc2)c2ccccc2)cc1. The Labute approximate surface area is 448 Å². The summed E-state index contributed by atoms with van der Waals surface area (Å²) < 4.78 is 0. The molecule has 0 saturated heterocycles. The minimum atomic E-state index is -0.348. The van der Waals surface area contributed by atoms with Crippen molar-refractivity contribution >= 4 is 93.2 Å². The summed E-state index contributed by atoms with van der Waals surface area (Å²) in [7, 11) is -1.39. The fraction of sp³-hybridized carbons (Fsp3) is 0.143. The second-order valence-electron chi connectivity index (χ2n) is 16.5. The first-order valence-electron chi connectivity index (χ1n) is 23.7. The molecule has 8 aromatic carbocycles. The zero-order chi connectivity index (χ0) is 50.6. The average molecular weight is 1230 g/mol. The van der Waals surface area contributed by atoms with Crippen molar-refractivity contribution in [3.05, 3.63) is 278 Å². The second kappa shape index (κ2) is 33.0. The largest absolute Gasteiger partial charge is 0.724 e. The van der Waals surface area contributed by atoms with Crippen LogP contribution in [-0.4, -0.2) is 43.7 Å². The first-order valence-corrected chi connectivity index (χ1v) is 38.3. The van der Waals surface area contributed by atoms with Crippen molar-refractivity contribution in [3.8, 4) is 0 Å². The minimum Gasteiger partial charge on any atom is -0.724 e. The minimum absolute atomic E-state index is 0.348. The van der Waals surface area contributed by atoms with E-state index in [1.54, 1.807) is 16.8 Å². The molecule has 71 heavy (non-hydrogen) atoms. The van der Waals surface area contributed by atoms with Crippen molar-refractivity contribution in [2.24, 2.45) is 0 Å². The van der Waals surface area contributed by atoms with Crippen molar-refractivity contribution < 1.29 is 21.6 Å². The zero-order valence-corrected chi connectivity index (χ0v) is 50.1. The van der Waals surface area contributed by atoms with Crippen LogP contribution >= 0.6 is 31.7 Å². The third kappa shape index (κ3) is 18.2. The number of isocyanates is 1. The third-order valence-electron chi connectivity index (χ3n) is 12.4. The molecule has 0 aliphatic heterocycles. The molecule has 8 aromatic rings. The van der Waals surface area contributed by atoms with Crippen LogP contribution in [0.1, 0.15) is 34.6 Å². The molecule has 0 aromatic heterocycles. The molecule has 0 unspecified atom stereocenters. The maximum atomic E-state index is 8.24. The number of rotatable bonds is 14. The third-order valence-corrected chi connectivity index (χ3v) is 23.2. The number of hydrogen-bond acceptors (Lipinski definition) is 1. The normalized spacial score (nSPS) is 12.9. The first kappa shape index (κ1) is 58.0. The summed E-state index contributed by atoms with van der Waals surface area (Å²) in [6, 6.07) is 88.4. The molecule has 9 rings (SSSR count). The van der Waals surface area contributed by atoms with E-state index in [0.29, 0.717) is 6.08 Å². The van der Waals surface area contributed by atoms with Crippen LogP contribution in [-0.2, 0) is 21.6 Å². The van der Waals surface area contributed by atoms with Gasteiger partial charge in [-0.15, -0.1) is 0 Å². The molecular formula is C63H63GeNOP4W. The van der Waals surface area contributed by atoms with Gasteiger partial charge in [-0.25, -0.2) is 0 Å². The standard InChI is InChI=1S/2C26H24P2.C10H15.CNO.Ge.W/c2*1-5-13-23(14-6-1)27(24-15-7-2-8-16-24)21-22-28(25-17-9-3-10-18-25)26-19-11-4-12-20-26;1-6-7(2)9(4)10(5)8(6)3;2-1-3;;/h2*1-20H,21-22H2;1-5H3;;;/q;;;-1;;+1. The summed E-state index contributed by atoms with van der Waals surface area (Å²) in [6.45, 7) is 11.0. The van der Waals surface area contributed by atoms with Crippen LogP contribution in [0.2, 0.25) is 0 Å². The Morgan fingerprint density at radius 3 is 0.493 bits per heavy atom. The second-order valence-corrected chi connectivity index (χ2v) is 25.9. The molecule has 0 heterocycles. The Hall–Kier alpha value is -3.91. The molecule has 0 spiro atoms. The maximum absolute atomic E-state index is 8.24. The first-order chi connectivity index (χ1) is 34.8. The number of carbonyl (C=O) groups excluding carboxylic acids is 1. The number of hydrogen-bond donors (Lipinski definition) is 0. The van der Waals surface area contributed by atoms with Crippen LogP contribution in [0.25, 0.3) is 5.41 Å². The molecule has 1 aliphatic rings. The van der Waals surface area contributed by atoms with E-state index >= 15 is 0 Å². The van der Waals surface area contributed by atoms with Gasteiger partial charge in [-0.05, 0) is 134 Å². The summed E-state index contributed by atoms with van der Waals surface area (Å²) in [5.41, 5.74) is 0. The van der Waals surface area contributed by atoms with E-state index in [9.17, 15) is 0 Å². The van der Waals surface area contributed by atoms with E-state index in [0.717, 1.165) is 0 Å². The van der Waals surface area contributed by atoms with Crippen LogP contribution < -0.4 is 42.4 Å². The topological polar surface area (TPSA) is 39.4 Å².